The number of carbonyl (C=O) groups is 1. The summed E-state index contributed by atoms with van der Waals surface area (Å²) in [5.41, 5.74) is 6.72. The molecule has 1 fully saturated rings. The molecule has 0 unspecified atom stereocenters. The molecule has 1 aliphatic heterocycles. The van der Waals surface area contributed by atoms with E-state index in [9.17, 15) is 4.79 Å². The first-order chi connectivity index (χ1) is 7.68. The van der Waals surface area contributed by atoms with Crippen molar-refractivity contribution in [1.82, 2.24) is 14.9 Å². The third-order valence-corrected chi connectivity index (χ3v) is 2.84. The van der Waals surface area contributed by atoms with Gasteiger partial charge >= 0.3 is 0 Å². The van der Waals surface area contributed by atoms with Gasteiger partial charge < -0.3 is 10.6 Å². The molecule has 16 heavy (non-hydrogen) atoms. The average Bonchev–Trinajstić information content (AvgIpc) is 2.32. The molecule has 5 heteroatoms. The first-order valence-electron chi connectivity index (χ1n) is 5.57. The van der Waals surface area contributed by atoms with Crippen LogP contribution in [0.2, 0.25) is 0 Å². The summed E-state index contributed by atoms with van der Waals surface area (Å²) in [6, 6.07) is 0. The monoisotopic (exact) mass is 220 g/mol. The van der Waals surface area contributed by atoms with Gasteiger partial charge in [-0.25, -0.2) is 9.97 Å². The molecule has 1 aliphatic rings. The van der Waals surface area contributed by atoms with Crippen molar-refractivity contribution in [1.29, 1.82) is 0 Å². The van der Waals surface area contributed by atoms with Gasteiger partial charge in [0.15, 0.2) is 0 Å². The number of carbonyl (C=O) groups excluding carboxylic acids is 1. The lowest BCUT2D eigenvalue weighted by Gasteiger charge is -2.26. The molecule has 1 amide bonds. The van der Waals surface area contributed by atoms with Crippen molar-refractivity contribution in [3.8, 4) is 0 Å². The largest absolute Gasteiger partial charge is 0.368 e. The highest BCUT2D eigenvalue weighted by Crippen LogP contribution is 2.14. The second-order valence-corrected chi connectivity index (χ2v) is 4.11. The number of rotatable bonds is 1. The molecule has 2 rings (SSSR count). The standard InChI is InChI=1S/C11H16N4O/c1-8-7-13-11(12)14-9(8)10(16)15-5-3-2-4-6-15/h7H,2-6H2,1H3,(H2,12,13,14). The summed E-state index contributed by atoms with van der Waals surface area (Å²) in [5.74, 6) is 0.136. The van der Waals surface area contributed by atoms with Gasteiger partial charge in [-0.15, -0.1) is 0 Å². The lowest BCUT2D eigenvalue weighted by Crippen LogP contribution is -2.36. The number of hydrogen-bond acceptors (Lipinski definition) is 4. The van der Waals surface area contributed by atoms with Gasteiger partial charge in [-0.1, -0.05) is 0 Å². The van der Waals surface area contributed by atoms with E-state index in [1.54, 1.807) is 6.20 Å². The highest BCUT2D eigenvalue weighted by atomic mass is 16.2. The van der Waals surface area contributed by atoms with Crippen molar-refractivity contribution in [3.05, 3.63) is 17.5 Å². The van der Waals surface area contributed by atoms with Crippen molar-refractivity contribution in [2.24, 2.45) is 0 Å². The number of nitrogens with two attached hydrogens (primary N) is 1. The number of anilines is 1. The highest BCUT2D eigenvalue weighted by Gasteiger charge is 2.21. The van der Waals surface area contributed by atoms with E-state index in [-0.39, 0.29) is 11.9 Å². The number of hydrogen-bond donors (Lipinski definition) is 1. The van der Waals surface area contributed by atoms with Crippen LogP contribution in [0.3, 0.4) is 0 Å². The molecule has 0 saturated carbocycles. The molecule has 5 nitrogen and oxygen atoms in total. The molecule has 0 aliphatic carbocycles. The summed E-state index contributed by atoms with van der Waals surface area (Å²) in [4.78, 5) is 21.9. The summed E-state index contributed by atoms with van der Waals surface area (Å²) in [5, 5.41) is 0. The van der Waals surface area contributed by atoms with E-state index in [1.165, 1.54) is 6.42 Å². The van der Waals surface area contributed by atoms with Crippen molar-refractivity contribution in [2.45, 2.75) is 26.2 Å². The highest BCUT2D eigenvalue weighted by molar-refractivity contribution is 5.93. The van der Waals surface area contributed by atoms with Gasteiger partial charge in [0.05, 0.1) is 0 Å². The fraction of sp³-hybridized carbons (Fsp3) is 0.545. The topological polar surface area (TPSA) is 72.1 Å². The van der Waals surface area contributed by atoms with Crippen LogP contribution >= 0.6 is 0 Å². The Bertz CT molecular complexity index is 399. The van der Waals surface area contributed by atoms with E-state index in [1.807, 2.05) is 11.8 Å². The Hall–Kier alpha value is -1.65. The van der Waals surface area contributed by atoms with Crippen LogP contribution in [0.4, 0.5) is 5.95 Å². The number of likely N-dealkylation sites (tertiary alicyclic amines) is 1. The molecule has 2 heterocycles. The van der Waals surface area contributed by atoms with Crippen LogP contribution in [0.5, 0.6) is 0 Å². The third-order valence-electron chi connectivity index (χ3n) is 2.84. The second-order valence-electron chi connectivity index (χ2n) is 4.11. The molecule has 86 valence electrons. The summed E-state index contributed by atoms with van der Waals surface area (Å²) in [7, 11) is 0. The first kappa shape index (κ1) is 10.9. The number of nitrogen functional groups attached to an aromatic ring is 1. The molecule has 1 aromatic heterocycles. The zero-order chi connectivity index (χ0) is 11.5. The molecule has 0 radical (unpaired) electrons. The Labute approximate surface area is 94.7 Å². The average molecular weight is 220 g/mol. The van der Waals surface area contributed by atoms with Gasteiger partial charge in [0.2, 0.25) is 5.95 Å². The van der Waals surface area contributed by atoms with Crippen LogP contribution in [0.15, 0.2) is 6.20 Å². The van der Waals surface area contributed by atoms with E-state index < -0.39 is 0 Å². The zero-order valence-corrected chi connectivity index (χ0v) is 9.44. The normalized spacial score (nSPS) is 16.2. The number of aromatic nitrogens is 2. The summed E-state index contributed by atoms with van der Waals surface area (Å²) in [6.45, 7) is 3.47. The fourth-order valence-corrected chi connectivity index (χ4v) is 1.92. The fourth-order valence-electron chi connectivity index (χ4n) is 1.92. The van der Waals surface area contributed by atoms with E-state index in [2.05, 4.69) is 9.97 Å². The van der Waals surface area contributed by atoms with E-state index in [0.717, 1.165) is 31.5 Å². The Morgan fingerprint density at radius 1 is 1.38 bits per heavy atom. The van der Waals surface area contributed by atoms with E-state index in [0.29, 0.717) is 5.69 Å². The molecule has 1 saturated heterocycles. The Kier molecular flexibility index (Phi) is 3.03. The lowest BCUT2D eigenvalue weighted by atomic mass is 10.1. The van der Waals surface area contributed by atoms with Crippen LogP contribution in [-0.4, -0.2) is 33.9 Å². The minimum absolute atomic E-state index is 0.0219. The maximum atomic E-state index is 12.2. The number of nitrogens with zero attached hydrogens (tertiary/aromatic N) is 3. The van der Waals surface area contributed by atoms with Crippen molar-refractivity contribution in [2.75, 3.05) is 18.8 Å². The van der Waals surface area contributed by atoms with Crippen molar-refractivity contribution >= 4 is 11.9 Å². The quantitative estimate of drug-likeness (QED) is 0.766. The molecule has 0 spiro atoms. The summed E-state index contributed by atoms with van der Waals surface area (Å²) < 4.78 is 0. The lowest BCUT2D eigenvalue weighted by molar-refractivity contribution is 0.0717. The summed E-state index contributed by atoms with van der Waals surface area (Å²) in [6.07, 6.45) is 4.95. The van der Waals surface area contributed by atoms with Gasteiger partial charge in [-0.3, -0.25) is 4.79 Å². The second kappa shape index (κ2) is 4.47. The molecule has 0 atom stereocenters. The maximum Gasteiger partial charge on any atom is 0.272 e. The van der Waals surface area contributed by atoms with Crippen LogP contribution in [0.25, 0.3) is 0 Å². The van der Waals surface area contributed by atoms with Gasteiger partial charge in [0, 0.05) is 19.3 Å². The number of aryl methyl sites for hydroxylation is 1. The van der Waals surface area contributed by atoms with Crippen LogP contribution in [0.1, 0.15) is 35.3 Å². The van der Waals surface area contributed by atoms with Gasteiger partial charge in [0.1, 0.15) is 5.69 Å². The van der Waals surface area contributed by atoms with Gasteiger partial charge in [-0.05, 0) is 31.7 Å². The predicted molar refractivity (Wildman–Crippen MR) is 60.9 cm³/mol. The van der Waals surface area contributed by atoms with Crippen LogP contribution < -0.4 is 5.73 Å². The smallest absolute Gasteiger partial charge is 0.272 e. The van der Waals surface area contributed by atoms with E-state index >= 15 is 0 Å². The molecule has 0 bridgehead atoms. The molecule has 0 aromatic carbocycles. The zero-order valence-electron chi connectivity index (χ0n) is 9.44. The Morgan fingerprint density at radius 3 is 2.75 bits per heavy atom. The molecular formula is C11H16N4O. The van der Waals surface area contributed by atoms with Gasteiger partial charge in [0.25, 0.3) is 5.91 Å². The maximum absolute atomic E-state index is 12.2. The first-order valence-corrected chi connectivity index (χ1v) is 5.57. The molecular weight excluding hydrogens is 204 g/mol. The minimum atomic E-state index is -0.0219. The van der Waals surface area contributed by atoms with Crippen LogP contribution in [-0.2, 0) is 0 Å². The third kappa shape index (κ3) is 2.13. The minimum Gasteiger partial charge on any atom is -0.368 e. The van der Waals surface area contributed by atoms with Crippen molar-refractivity contribution in [3.63, 3.8) is 0 Å². The summed E-state index contributed by atoms with van der Waals surface area (Å²) >= 11 is 0. The Balaban J connectivity index is 2.22. The number of amides is 1. The molecule has 2 N–H and O–H groups in total. The van der Waals surface area contributed by atoms with Crippen molar-refractivity contribution < 1.29 is 4.79 Å². The Morgan fingerprint density at radius 2 is 2.06 bits per heavy atom. The SMILES string of the molecule is Cc1cnc(N)nc1C(=O)N1CCCCC1. The van der Waals surface area contributed by atoms with Gasteiger partial charge in [-0.2, -0.15) is 0 Å². The predicted octanol–water partition coefficient (Wildman–Crippen LogP) is 0.993. The van der Waals surface area contributed by atoms with E-state index in [4.69, 9.17) is 5.73 Å². The van der Waals surface area contributed by atoms with Crippen LogP contribution in [0, 0.1) is 6.92 Å². The molecule has 1 aromatic rings. The number of piperidine rings is 1.